The highest BCUT2D eigenvalue weighted by Gasteiger charge is 2.13. The van der Waals surface area contributed by atoms with Gasteiger partial charge in [-0.25, -0.2) is 4.98 Å². The first kappa shape index (κ1) is 11.8. The topological polar surface area (TPSA) is 85.1 Å². The molecule has 0 aliphatic carbocycles. The van der Waals surface area contributed by atoms with Gasteiger partial charge in [0.05, 0.1) is 11.1 Å². The van der Waals surface area contributed by atoms with Gasteiger partial charge in [0, 0.05) is 19.4 Å². The lowest BCUT2D eigenvalue weighted by molar-refractivity contribution is -0.119. The monoisotopic (exact) mass is 227 g/mol. The lowest BCUT2D eigenvalue weighted by Crippen LogP contribution is -2.26. The maximum absolute atomic E-state index is 11.4. The Labute approximate surface area is 91.7 Å². The van der Waals surface area contributed by atoms with E-state index in [9.17, 15) is 9.59 Å². The average molecular weight is 227 g/mol. The van der Waals surface area contributed by atoms with Crippen LogP contribution >= 0.6 is 11.3 Å². The summed E-state index contributed by atoms with van der Waals surface area (Å²) in [5.74, 6) is -0.489. The van der Waals surface area contributed by atoms with E-state index in [0.29, 0.717) is 10.0 Å². The Morgan fingerprint density at radius 2 is 2.33 bits per heavy atom. The van der Waals surface area contributed by atoms with E-state index in [-0.39, 0.29) is 24.2 Å². The largest absolute Gasteiger partial charge is 0.330 e. The van der Waals surface area contributed by atoms with Gasteiger partial charge < -0.3 is 11.1 Å². The third-order valence-electron chi connectivity index (χ3n) is 1.88. The predicted molar refractivity (Wildman–Crippen MR) is 59.0 cm³/mol. The van der Waals surface area contributed by atoms with Crippen LogP contribution in [0.5, 0.6) is 0 Å². The molecule has 0 saturated heterocycles. The smallest absolute Gasteiger partial charge is 0.230 e. The van der Waals surface area contributed by atoms with E-state index in [2.05, 4.69) is 10.3 Å². The molecule has 1 aromatic heterocycles. The molecule has 0 aromatic carbocycles. The van der Waals surface area contributed by atoms with Crippen molar-refractivity contribution in [3.8, 4) is 0 Å². The van der Waals surface area contributed by atoms with E-state index in [1.165, 1.54) is 13.1 Å². The first-order valence-corrected chi connectivity index (χ1v) is 5.34. The van der Waals surface area contributed by atoms with E-state index in [0.717, 1.165) is 11.3 Å². The molecule has 1 atom stereocenters. The number of rotatable bonds is 4. The molecule has 1 rings (SSSR count). The Bertz CT molecular complexity index is 375. The van der Waals surface area contributed by atoms with Gasteiger partial charge in [0.25, 0.3) is 0 Å². The number of carbonyl (C=O) groups is 2. The van der Waals surface area contributed by atoms with E-state index in [4.69, 9.17) is 5.73 Å². The van der Waals surface area contributed by atoms with Gasteiger partial charge in [-0.2, -0.15) is 0 Å². The van der Waals surface area contributed by atoms with Gasteiger partial charge in [0.1, 0.15) is 0 Å². The lowest BCUT2D eigenvalue weighted by Gasteiger charge is -2.06. The summed E-state index contributed by atoms with van der Waals surface area (Å²) < 4.78 is 0. The molecule has 3 N–H and O–H groups in total. The van der Waals surface area contributed by atoms with E-state index < -0.39 is 0 Å². The molecular weight excluding hydrogens is 214 g/mol. The molecule has 1 unspecified atom stereocenters. The molecule has 6 heteroatoms. The zero-order valence-corrected chi connectivity index (χ0v) is 9.43. The van der Waals surface area contributed by atoms with E-state index >= 15 is 0 Å². The number of hydrogen-bond acceptors (Lipinski definition) is 5. The highest BCUT2D eigenvalue weighted by molar-refractivity contribution is 7.17. The Morgan fingerprint density at radius 1 is 1.67 bits per heavy atom. The number of carbonyl (C=O) groups excluding carboxylic acids is 2. The Balaban J connectivity index is 2.65. The van der Waals surface area contributed by atoms with Crippen LogP contribution in [0.2, 0.25) is 0 Å². The first-order valence-electron chi connectivity index (χ1n) is 4.52. The number of hydrogen-bond donors (Lipinski definition) is 2. The standard InChI is InChI=1S/C9H13N3O2S/c1-5(3-10)8(14)12-9-11-4-7(15-9)6(2)13/h4-5H,3,10H2,1-2H3,(H,11,12,14). The summed E-state index contributed by atoms with van der Waals surface area (Å²) in [6.45, 7) is 3.48. The number of nitrogens with zero attached hydrogens (tertiary/aromatic N) is 1. The summed E-state index contributed by atoms with van der Waals surface area (Å²) in [4.78, 5) is 26.8. The number of aromatic nitrogens is 1. The van der Waals surface area contributed by atoms with Gasteiger partial charge in [-0.15, -0.1) is 0 Å². The van der Waals surface area contributed by atoms with Crippen molar-refractivity contribution in [3.63, 3.8) is 0 Å². The van der Waals surface area contributed by atoms with Crippen LogP contribution in [0.15, 0.2) is 6.20 Å². The number of Topliss-reactive ketones (excluding diaryl/α,β-unsaturated/α-hetero) is 1. The molecule has 0 radical (unpaired) electrons. The molecule has 0 spiro atoms. The molecule has 1 heterocycles. The highest BCUT2D eigenvalue weighted by Crippen LogP contribution is 2.18. The zero-order chi connectivity index (χ0) is 11.4. The molecule has 0 aliphatic heterocycles. The molecular formula is C9H13N3O2S. The van der Waals surface area contributed by atoms with Crippen molar-refractivity contribution in [1.82, 2.24) is 4.98 Å². The normalized spacial score (nSPS) is 12.2. The number of nitrogens with two attached hydrogens (primary N) is 1. The fourth-order valence-corrected chi connectivity index (χ4v) is 1.54. The van der Waals surface area contributed by atoms with Crippen molar-refractivity contribution in [1.29, 1.82) is 0 Å². The molecule has 0 saturated carbocycles. The van der Waals surface area contributed by atoms with Crippen molar-refractivity contribution in [2.45, 2.75) is 13.8 Å². The third kappa shape index (κ3) is 3.10. The van der Waals surface area contributed by atoms with Crippen LogP contribution in [0.25, 0.3) is 0 Å². The Kier molecular flexibility index (Phi) is 3.93. The van der Waals surface area contributed by atoms with Gasteiger partial charge in [0.2, 0.25) is 5.91 Å². The van der Waals surface area contributed by atoms with Crippen LogP contribution in [-0.4, -0.2) is 23.2 Å². The quantitative estimate of drug-likeness (QED) is 0.748. The summed E-state index contributed by atoms with van der Waals surface area (Å²) >= 11 is 1.16. The molecule has 82 valence electrons. The molecule has 0 fully saturated rings. The summed E-state index contributed by atoms with van der Waals surface area (Å²) in [5, 5.41) is 3.04. The minimum Gasteiger partial charge on any atom is -0.330 e. The van der Waals surface area contributed by atoms with Crippen molar-refractivity contribution in [3.05, 3.63) is 11.1 Å². The maximum Gasteiger partial charge on any atom is 0.230 e. The fourth-order valence-electron chi connectivity index (χ4n) is 0.830. The second kappa shape index (κ2) is 4.99. The van der Waals surface area contributed by atoms with Gasteiger partial charge >= 0.3 is 0 Å². The minimum atomic E-state index is -0.255. The first-order chi connectivity index (χ1) is 7.04. The summed E-state index contributed by atoms with van der Waals surface area (Å²) in [5.41, 5.74) is 5.35. The van der Waals surface area contributed by atoms with Gasteiger partial charge in [-0.05, 0) is 0 Å². The molecule has 5 nitrogen and oxygen atoms in total. The number of thiazole rings is 1. The summed E-state index contributed by atoms with van der Waals surface area (Å²) in [6.07, 6.45) is 1.45. The van der Waals surface area contributed by atoms with Crippen LogP contribution in [0.1, 0.15) is 23.5 Å². The van der Waals surface area contributed by atoms with Crippen molar-refractivity contribution in [2.24, 2.45) is 11.7 Å². The van der Waals surface area contributed by atoms with Crippen molar-refractivity contribution < 1.29 is 9.59 Å². The number of anilines is 1. The Morgan fingerprint density at radius 3 is 2.80 bits per heavy atom. The molecule has 1 amide bonds. The molecule has 0 bridgehead atoms. The zero-order valence-electron chi connectivity index (χ0n) is 8.61. The lowest BCUT2D eigenvalue weighted by atomic mass is 10.2. The van der Waals surface area contributed by atoms with E-state index in [1.807, 2.05) is 0 Å². The number of amides is 1. The van der Waals surface area contributed by atoms with Crippen LogP contribution in [-0.2, 0) is 4.79 Å². The number of ketones is 1. The minimum absolute atomic E-state index is 0.0557. The van der Waals surface area contributed by atoms with Crippen molar-refractivity contribution in [2.75, 3.05) is 11.9 Å². The SMILES string of the molecule is CC(=O)c1cnc(NC(=O)C(C)CN)s1. The van der Waals surface area contributed by atoms with Crippen LogP contribution in [0.4, 0.5) is 5.13 Å². The second-order valence-corrected chi connectivity index (χ2v) is 4.24. The molecule has 0 aliphatic rings. The average Bonchev–Trinajstić information content (AvgIpc) is 2.65. The third-order valence-corrected chi connectivity index (χ3v) is 2.90. The van der Waals surface area contributed by atoms with Gasteiger partial charge in [-0.1, -0.05) is 18.3 Å². The van der Waals surface area contributed by atoms with Gasteiger partial charge in [0.15, 0.2) is 10.9 Å². The van der Waals surface area contributed by atoms with Crippen LogP contribution < -0.4 is 11.1 Å². The van der Waals surface area contributed by atoms with Crippen LogP contribution in [0, 0.1) is 5.92 Å². The second-order valence-electron chi connectivity index (χ2n) is 3.21. The molecule has 1 aromatic rings. The van der Waals surface area contributed by atoms with E-state index in [1.54, 1.807) is 6.92 Å². The maximum atomic E-state index is 11.4. The summed E-state index contributed by atoms with van der Waals surface area (Å²) in [6, 6.07) is 0. The molecule has 15 heavy (non-hydrogen) atoms. The predicted octanol–water partition coefficient (Wildman–Crippen LogP) is 0.879. The highest BCUT2D eigenvalue weighted by atomic mass is 32.1. The summed E-state index contributed by atoms with van der Waals surface area (Å²) in [7, 11) is 0. The number of nitrogens with one attached hydrogen (secondary N) is 1. The fraction of sp³-hybridized carbons (Fsp3) is 0.444. The Hall–Kier alpha value is -1.27. The van der Waals surface area contributed by atoms with Gasteiger partial charge in [-0.3, -0.25) is 9.59 Å². The van der Waals surface area contributed by atoms with Crippen molar-refractivity contribution >= 4 is 28.2 Å². The van der Waals surface area contributed by atoms with Crippen LogP contribution in [0.3, 0.4) is 0 Å².